The van der Waals surface area contributed by atoms with E-state index < -0.39 is 10.1 Å². The average Bonchev–Trinajstić information content (AvgIpc) is 2.72. The van der Waals surface area contributed by atoms with Crippen LogP contribution in [0.5, 0.6) is 0 Å². The van der Waals surface area contributed by atoms with Crippen LogP contribution in [0.2, 0.25) is 0 Å². The molecular weight excluding hydrogens is 236 g/mol. The molecule has 0 radical (unpaired) electrons. The van der Waals surface area contributed by atoms with E-state index in [0.29, 0.717) is 0 Å². The zero-order chi connectivity index (χ0) is 12.0. The highest BCUT2D eigenvalue weighted by atomic mass is 32.2. The van der Waals surface area contributed by atoms with Crippen LogP contribution in [0, 0.1) is 0 Å². The van der Waals surface area contributed by atoms with E-state index in [0.717, 1.165) is 21.9 Å². The average molecular weight is 246 g/mol. The SMILES string of the molecule is COS(=O)(=O)C1=Cc2cccc3cccc1c23. The van der Waals surface area contributed by atoms with Crippen molar-refractivity contribution in [3.05, 3.63) is 47.5 Å². The van der Waals surface area contributed by atoms with Gasteiger partial charge in [-0.3, -0.25) is 4.18 Å². The molecule has 0 saturated carbocycles. The van der Waals surface area contributed by atoms with Gasteiger partial charge in [0.2, 0.25) is 0 Å². The van der Waals surface area contributed by atoms with Gasteiger partial charge in [0, 0.05) is 5.56 Å². The lowest BCUT2D eigenvalue weighted by Gasteiger charge is -2.05. The second kappa shape index (κ2) is 3.42. The number of benzene rings is 2. The van der Waals surface area contributed by atoms with Gasteiger partial charge in [0.25, 0.3) is 10.1 Å². The Morgan fingerprint density at radius 1 is 1.06 bits per heavy atom. The molecule has 2 aromatic carbocycles. The molecule has 1 aliphatic rings. The van der Waals surface area contributed by atoms with Gasteiger partial charge in [0.15, 0.2) is 0 Å². The third kappa shape index (κ3) is 1.41. The Kier molecular flexibility index (Phi) is 2.11. The van der Waals surface area contributed by atoms with E-state index >= 15 is 0 Å². The first-order chi connectivity index (χ1) is 8.13. The molecule has 0 N–H and O–H groups in total. The summed E-state index contributed by atoms with van der Waals surface area (Å²) in [4.78, 5) is 0.242. The van der Waals surface area contributed by atoms with Crippen molar-refractivity contribution in [1.82, 2.24) is 0 Å². The zero-order valence-corrected chi connectivity index (χ0v) is 9.99. The van der Waals surface area contributed by atoms with Crippen LogP contribution >= 0.6 is 0 Å². The van der Waals surface area contributed by atoms with Gasteiger partial charge in [-0.15, -0.1) is 0 Å². The normalized spacial score (nSPS) is 14.1. The molecule has 2 aromatic rings. The van der Waals surface area contributed by atoms with Crippen molar-refractivity contribution in [3.63, 3.8) is 0 Å². The fraction of sp³-hybridized carbons (Fsp3) is 0.0769. The minimum absolute atomic E-state index is 0.242. The Morgan fingerprint density at radius 3 is 2.47 bits per heavy atom. The summed E-state index contributed by atoms with van der Waals surface area (Å²) in [5, 5.41) is 2.02. The van der Waals surface area contributed by atoms with Gasteiger partial charge in [0.05, 0.1) is 7.11 Å². The van der Waals surface area contributed by atoms with Crippen LogP contribution in [0.4, 0.5) is 0 Å². The van der Waals surface area contributed by atoms with Crippen molar-refractivity contribution >= 4 is 31.9 Å². The van der Waals surface area contributed by atoms with E-state index in [2.05, 4.69) is 4.18 Å². The summed E-state index contributed by atoms with van der Waals surface area (Å²) in [5.41, 5.74) is 1.65. The van der Waals surface area contributed by atoms with Crippen molar-refractivity contribution in [2.75, 3.05) is 7.11 Å². The Morgan fingerprint density at radius 2 is 1.76 bits per heavy atom. The number of hydrogen-bond donors (Lipinski definition) is 0. The largest absolute Gasteiger partial charge is 0.297 e. The predicted octanol–water partition coefficient (Wildman–Crippen LogP) is 2.63. The first-order valence-electron chi connectivity index (χ1n) is 5.18. The van der Waals surface area contributed by atoms with Crippen molar-refractivity contribution in [2.24, 2.45) is 0 Å². The van der Waals surface area contributed by atoms with Crippen LogP contribution in [-0.4, -0.2) is 15.5 Å². The maximum atomic E-state index is 11.8. The Bertz CT molecular complexity index is 737. The lowest BCUT2D eigenvalue weighted by molar-refractivity contribution is 0.408. The standard InChI is InChI=1S/C13H10O3S/c1-16-17(14,15)12-8-10-6-2-4-9-5-3-7-11(12)13(9)10/h2-8H,1H3. The van der Waals surface area contributed by atoms with Gasteiger partial charge in [-0.2, -0.15) is 8.42 Å². The lowest BCUT2D eigenvalue weighted by Crippen LogP contribution is -2.03. The summed E-state index contributed by atoms with van der Waals surface area (Å²) in [6.45, 7) is 0. The van der Waals surface area contributed by atoms with Crippen LogP contribution in [-0.2, 0) is 14.3 Å². The molecule has 3 rings (SSSR count). The van der Waals surface area contributed by atoms with Crippen LogP contribution in [0.25, 0.3) is 21.8 Å². The molecule has 0 fully saturated rings. The molecular formula is C13H10O3S. The Labute approximate surface area is 99.5 Å². The van der Waals surface area contributed by atoms with Crippen molar-refractivity contribution < 1.29 is 12.6 Å². The van der Waals surface area contributed by atoms with E-state index in [4.69, 9.17) is 0 Å². The minimum atomic E-state index is -3.65. The molecule has 86 valence electrons. The van der Waals surface area contributed by atoms with Crippen LogP contribution < -0.4 is 0 Å². The van der Waals surface area contributed by atoms with E-state index in [1.165, 1.54) is 7.11 Å². The highest BCUT2D eigenvalue weighted by Crippen LogP contribution is 2.39. The summed E-state index contributed by atoms with van der Waals surface area (Å²) in [6.07, 6.45) is 1.66. The van der Waals surface area contributed by atoms with Crippen molar-refractivity contribution in [1.29, 1.82) is 0 Å². The maximum Gasteiger partial charge on any atom is 0.297 e. The fourth-order valence-corrected chi connectivity index (χ4v) is 3.10. The fourth-order valence-electron chi connectivity index (χ4n) is 2.21. The molecule has 0 aliphatic heterocycles. The molecule has 0 saturated heterocycles. The first kappa shape index (κ1) is 10.5. The monoisotopic (exact) mass is 246 g/mol. The summed E-state index contributed by atoms with van der Waals surface area (Å²) in [5.74, 6) is 0. The van der Waals surface area contributed by atoms with Gasteiger partial charge in [-0.25, -0.2) is 0 Å². The molecule has 4 heteroatoms. The molecule has 17 heavy (non-hydrogen) atoms. The lowest BCUT2D eigenvalue weighted by atomic mass is 10.0. The maximum absolute atomic E-state index is 11.8. The van der Waals surface area contributed by atoms with Gasteiger partial charge in [0.1, 0.15) is 4.91 Å². The molecule has 3 nitrogen and oxygen atoms in total. The molecule has 0 aromatic heterocycles. The van der Waals surface area contributed by atoms with Gasteiger partial charge in [-0.05, 0) is 22.4 Å². The first-order valence-corrected chi connectivity index (χ1v) is 6.59. The second-order valence-electron chi connectivity index (χ2n) is 3.88. The topological polar surface area (TPSA) is 43.4 Å². The van der Waals surface area contributed by atoms with Crippen molar-refractivity contribution in [3.8, 4) is 0 Å². The van der Waals surface area contributed by atoms with Crippen molar-refractivity contribution in [2.45, 2.75) is 0 Å². The molecule has 0 heterocycles. The Balaban J connectivity index is 2.39. The van der Waals surface area contributed by atoms with Crippen LogP contribution in [0.3, 0.4) is 0 Å². The summed E-state index contributed by atoms with van der Waals surface area (Å²) in [7, 11) is -2.47. The number of rotatable bonds is 2. The highest BCUT2D eigenvalue weighted by Gasteiger charge is 2.26. The van der Waals surface area contributed by atoms with E-state index in [9.17, 15) is 8.42 Å². The summed E-state index contributed by atoms with van der Waals surface area (Å²) >= 11 is 0. The second-order valence-corrected chi connectivity index (χ2v) is 5.56. The van der Waals surface area contributed by atoms with E-state index in [1.807, 2.05) is 30.3 Å². The zero-order valence-electron chi connectivity index (χ0n) is 9.17. The Hall–Kier alpha value is -1.65. The molecule has 0 atom stereocenters. The predicted molar refractivity (Wildman–Crippen MR) is 67.7 cm³/mol. The minimum Gasteiger partial charge on any atom is -0.270 e. The highest BCUT2D eigenvalue weighted by molar-refractivity contribution is 7.96. The smallest absolute Gasteiger partial charge is 0.270 e. The summed E-state index contributed by atoms with van der Waals surface area (Å²) in [6, 6.07) is 11.4. The molecule has 1 aliphatic carbocycles. The molecule has 0 spiro atoms. The van der Waals surface area contributed by atoms with Gasteiger partial charge < -0.3 is 0 Å². The van der Waals surface area contributed by atoms with E-state index in [-0.39, 0.29) is 4.91 Å². The van der Waals surface area contributed by atoms with E-state index in [1.54, 1.807) is 12.1 Å². The van der Waals surface area contributed by atoms with Crippen LogP contribution in [0.1, 0.15) is 11.1 Å². The molecule has 0 bridgehead atoms. The van der Waals surface area contributed by atoms with Gasteiger partial charge in [-0.1, -0.05) is 36.4 Å². The van der Waals surface area contributed by atoms with Gasteiger partial charge >= 0.3 is 0 Å². The number of hydrogen-bond acceptors (Lipinski definition) is 3. The van der Waals surface area contributed by atoms with Crippen LogP contribution in [0.15, 0.2) is 36.4 Å². The summed E-state index contributed by atoms with van der Waals surface area (Å²) < 4.78 is 28.2. The third-order valence-electron chi connectivity index (χ3n) is 2.98. The quantitative estimate of drug-likeness (QED) is 0.765. The third-order valence-corrected chi connectivity index (χ3v) is 4.29. The molecule has 0 unspecified atom stereocenters. The molecule has 0 amide bonds.